The Kier molecular flexibility index (Phi) is 5.09. The van der Waals surface area contributed by atoms with Gasteiger partial charge in [0, 0.05) is 36.6 Å². The number of aliphatic hydroxyl groups excluding tert-OH is 1. The highest BCUT2D eigenvalue weighted by molar-refractivity contribution is 5.93. The molecule has 6 nitrogen and oxygen atoms in total. The molecule has 0 aromatic rings. The van der Waals surface area contributed by atoms with Crippen molar-refractivity contribution >= 4 is 17.3 Å². The minimum Gasteiger partial charge on any atom is -0.396 e. The van der Waals surface area contributed by atoms with Crippen LogP contribution in [0.3, 0.4) is 0 Å². The maximum atomic E-state index is 13.7. The van der Waals surface area contributed by atoms with E-state index in [4.69, 9.17) is 4.84 Å². The Hall–Kier alpha value is -1.27. The topological polar surface area (TPSA) is 88.0 Å². The van der Waals surface area contributed by atoms with Gasteiger partial charge >= 0.3 is 0 Å². The number of oxime groups is 1. The van der Waals surface area contributed by atoms with Crippen molar-refractivity contribution in [2.45, 2.75) is 71.3 Å². The van der Waals surface area contributed by atoms with Crippen molar-refractivity contribution < 1.29 is 19.5 Å². The predicted octanol–water partition coefficient (Wildman–Crippen LogP) is 2.73. The van der Waals surface area contributed by atoms with Crippen LogP contribution in [0.4, 0.5) is 0 Å². The highest BCUT2D eigenvalue weighted by Crippen LogP contribution is 2.65. The second kappa shape index (κ2) is 7.40. The summed E-state index contributed by atoms with van der Waals surface area (Å²) in [5.74, 6) is 0.775. The molecule has 6 heteroatoms. The van der Waals surface area contributed by atoms with Crippen LogP contribution in [0.1, 0.15) is 65.2 Å². The molecule has 5 aliphatic rings. The molecular formula is C24H36N2O4. The first-order chi connectivity index (χ1) is 14.4. The van der Waals surface area contributed by atoms with E-state index >= 15 is 0 Å². The first-order valence-corrected chi connectivity index (χ1v) is 12.0. The van der Waals surface area contributed by atoms with Crippen LogP contribution in [-0.4, -0.2) is 48.2 Å². The number of carbonyl (C=O) groups is 2. The molecule has 0 amide bonds. The van der Waals surface area contributed by atoms with Gasteiger partial charge in [-0.05, 0) is 68.2 Å². The van der Waals surface area contributed by atoms with E-state index in [1.165, 1.54) is 0 Å². The van der Waals surface area contributed by atoms with E-state index in [0.29, 0.717) is 18.1 Å². The van der Waals surface area contributed by atoms with E-state index in [-0.39, 0.29) is 53.0 Å². The standard InChI is InChI=1S/C24H36N2O4/c1-23-8-5-14(26-30-15-7-10-25-12-15)11-19(23)16(13-27)22(29)21-17-3-4-20(28)24(17,2)9-6-18(21)23/h15-19,21,25,27H,3-13H2,1-2H3/b26-14+/t15?,16-,17?,18?,19?,21?,23-,24+/m1/s1. The molecule has 0 spiro atoms. The summed E-state index contributed by atoms with van der Waals surface area (Å²) < 4.78 is 0. The van der Waals surface area contributed by atoms with Crippen molar-refractivity contribution in [3.63, 3.8) is 0 Å². The van der Waals surface area contributed by atoms with Crippen LogP contribution >= 0.6 is 0 Å². The summed E-state index contributed by atoms with van der Waals surface area (Å²) in [7, 11) is 0. The molecule has 166 valence electrons. The zero-order valence-electron chi connectivity index (χ0n) is 18.4. The zero-order valence-corrected chi connectivity index (χ0v) is 18.4. The van der Waals surface area contributed by atoms with Crippen LogP contribution in [-0.2, 0) is 14.4 Å². The number of hydrogen-bond acceptors (Lipinski definition) is 6. The number of nitrogens with one attached hydrogen (secondary N) is 1. The molecule has 1 heterocycles. The highest BCUT2D eigenvalue weighted by atomic mass is 16.6. The maximum absolute atomic E-state index is 13.7. The van der Waals surface area contributed by atoms with Gasteiger partial charge in [0.2, 0.25) is 0 Å². The van der Waals surface area contributed by atoms with Crippen LogP contribution in [0.2, 0.25) is 0 Å². The van der Waals surface area contributed by atoms with E-state index in [1.807, 2.05) is 0 Å². The lowest BCUT2D eigenvalue weighted by Crippen LogP contribution is -2.61. The first-order valence-electron chi connectivity index (χ1n) is 12.0. The molecule has 0 aromatic carbocycles. The largest absolute Gasteiger partial charge is 0.396 e. The van der Waals surface area contributed by atoms with Gasteiger partial charge in [0.05, 0.1) is 12.3 Å². The Balaban J connectivity index is 1.42. The van der Waals surface area contributed by atoms with Gasteiger partial charge in [-0.25, -0.2) is 0 Å². The molecule has 5 fully saturated rings. The molecule has 4 saturated carbocycles. The fourth-order valence-corrected chi connectivity index (χ4v) is 7.91. The Labute approximate surface area is 179 Å². The summed E-state index contributed by atoms with van der Waals surface area (Å²) in [4.78, 5) is 32.1. The van der Waals surface area contributed by atoms with Gasteiger partial charge in [-0.3, -0.25) is 9.59 Å². The van der Waals surface area contributed by atoms with Crippen LogP contribution < -0.4 is 5.32 Å². The van der Waals surface area contributed by atoms with Crippen molar-refractivity contribution in [3.05, 3.63) is 0 Å². The van der Waals surface area contributed by atoms with Crippen LogP contribution in [0.15, 0.2) is 5.16 Å². The second-order valence-electron chi connectivity index (χ2n) is 11.0. The number of Topliss-reactive ketones (excluding diaryl/α,β-unsaturated/α-hetero) is 2. The molecule has 1 aliphatic heterocycles. The van der Waals surface area contributed by atoms with E-state index in [1.54, 1.807) is 0 Å². The Morgan fingerprint density at radius 1 is 1.10 bits per heavy atom. The normalized spacial score (nSPS) is 49.6. The van der Waals surface area contributed by atoms with Gasteiger partial charge < -0.3 is 15.3 Å². The molecule has 5 unspecified atom stereocenters. The number of hydrogen-bond donors (Lipinski definition) is 2. The van der Waals surface area contributed by atoms with Gasteiger partial charge in [0.1, 0.15) is 17.7 Å². The van der Waals surface area contributed by atoms with Crippen LogP contribution in [0.5, 0.6) is 0 Å². The van der Waals surface area contributed by atoms with Crippen molar-refractivity contribution in [1.29, 1.82) is 0 Å². The number of aliphatic hydroxyl groups is 1. The number of ketones is 2. The third-order valence-electron chi connectivity index (χ3n) is 9.80. The summed E-state index contributed by atoms with van der Waals surface area (Å²) in [6.07, 6.45) is 7.10. The molecule has 4 aliphatic carbocycles. The average molecular weight is 417 g/mol. The number of carbonyl (C=O) groups excluding carboxylic acids is 2. The fourth-order valence-electron chi connectivity index (χ4n) is 7.91. The molecule has 0 aromatic heterocycles. The van der Waals surface area contributed by atoms with Crippen molar-refractivity contribution in [2.75, 3.05) is 19.7 Å². The lowest BCUT2D eigenvalue weighted by Gasteiger charge is -2.60. The number of rotatable bonds is 3. The van der Waals surface area contributed by atoms with Crippen molar-refractivity contribution in [1.82, 2.24) is 5.32 Å². The molecule has 0 bridgehead atoms. The van der Waals surface area contributed by atoms with E-state index in [0.717, 1.165) is 63.7 Å². The third kappa shape index (κ3) is 2.93. The van der Waals surface area contributed by atoms with E-state index in [2.05, 4.69) is 24.3 Å². The van der Waals surface area contributed by atoms with Gasteiger partial charge in [-0.15, -0.1) is 0 Å². The average Bonchev–Trinajstić information content (AvgIpc) is 3.36. The smallest absolute Gasteiger partial charge is 0.142 e. The van der Waals surface area contributed by atoms with Crippen molar-refractivity contribution in [2.24, 2.45) is 45.6 Å². The minimum atomic E-state index is -0.340. The Morgan fingerprint density at radius 2 is 1.93 bits per heavy atom. The maximum Gasteiger partial charge on any atom is 0.142 e. The molecule has 8 atom stereocenters. The Bertz CT molecular complexity index is 760. The summed E-state index contributed by atoms with van der Waals surface area (Å²) in [6.45, 7) is 6.17. The van der Waals surface area contributed by atoms with Crippen molar-refractivity contribution in [3.8, 4) is 0 Å². The Morgan fingerprint density at radius 3 is 2.67 bits per heavy atom. The molecule has 0 radical (unpaired) electrons. The SMILES string of the molecule is C[C@]12CC/C(=N\OC3CCNC3)CC1[C@@H](CO)C(=O)C1C2CC[C@]2(C)C(=O)CCC12. The monoisotopic (exact) mass is 416 g/mol. The van der Waals surface area contributed by atoms with Gasteiger partial charge in [0.15, 0.2) is 0 Å². The highest BCUT2D eigenvalue weighted by Gasteiger charge is 2.65. The van der Waals surface area contributed by atoms with E-state index in [9.17, 15) is 14.7 Å². The quantitative estimate of drug-likeness (QED) is 0.691. The summed E-state index contributed by atoms with van der Waals surface area (Å²) >= 11 is 0. The lowest BCUT2D eigenvalue weighted by atomic mass is 9.43. The summed E-state index contributed by atoms with van der Waals surface area (Å²) in [5.41, 5.74) is 0.739. The van der Waals surface area contributed by atoms with Crippen LogP contribution in [0, 0.1) is 40.4 Å². The molecule has 5 rings (SSSR count). The van der Waals surface area contributed by atoms with Gasteiger partial charge in [-0.1, -0.05) is 19.0 Å². The first kappa shape index (κ1) is 20.6. The van der Waals surface area contributed by atoms with E-state index < -0.39 is 0 Å². The predicted molar refractivity (Wildman–Crippen MR) is 113 cm³/mol. The molecule has 1 saturated heterocycles. The third-order valence-corrected chi connectivity index (χ3v) is 9.80. The number of nitrogens with zero attached hydrogens (tertiary/aromatic N) is 1. The lowest BCUT2D eigenvalue weighted by molar-refractivity contribution is -0.166. The molecule has 2 N–H and O–H groups in total. The minimum absolute atomic E-state index is 0.0207. The zero-order chi connectivity index (χ0) is 21.1. The van der Waals surface area contributed by atoms with Gasteiger partial charge in [0.25, 0.3) is 0 Å². The summed E-state index contributed by atoms with van der Waals surface area (Å²) in [5, 5.41) is 18.1. The summed E-state index contributed by atoms with van der Waals surface area (Å²) in [6, 6.07) is 0. The second-order valence-corrected chi connectivity index (χ2v) is 11.0. The van der Waals surface area contributed by atoms with Crippen LogP contribution in [0.25, 0.3) is 0 Å². The molecule has 30 heavy (non-hydrogen) atoms. The fraction of sp³-hybridized carbons (Fsp3) is 0.875. The molecular weight excluding hydrogens is 380 g/mol. The number of fused-ring (bicyclic) bond motifs is 5. The van der Waals surface area contributed by atoms with Gasteiger partial charge in [-0.2, -0.15) is 0 Å².